The van der Waals surface area contributed by atoms with Gasteiger partial charge in [0.25, 0.3) is 0 Å². The molecule has 118 valence electrons. The van der Waals surface area contributed by atoms with Crippen LogP contribution in [0.4, 0.5) is 5.13 Å². The molecule has 0 N–H and O–H groups in total. The highest BCUT2D eigenvalue weighted by Crippen LogP contribution is 2.27. The molecule has 1 aromatic rings. The predicted octanol–water partition coefficient (Wildman–Crippen LogP) is 1.03. The van der Waals surface area contributed by atoms with E-state index < -0.39 is 0 Å². The van der Waals surface area contributed by atoms with Crippen LogP contribution in [0.1, 0.15) is 18.7 Å². The third-order valence-corrected chi connectivity index (χ3v) is 4.97. The van der Waals surface area contributed by atoms with Gasteiger partial charge >= 0.3 is 0 Å². The molecule has 2 aliphatic rings. The highest BCUT2D eigenvalue weighted by Gasteiger charge is 2.29. The van der Waals surface area contributed by atoms with E-state index in [1.165, 1.54) is 24.4 Å². The van der Waals surface area contributed by atoms with E-state index in [-0.39, 0.29) is 0 Å². The molecule has 0 aliphatic carbocycles. The van der Waals surface area contributed by atoms with Crippen LogP contribution in [0.25, 0.3) is 0 Å². The van der Waals surface area contributed by atoms with Crippen molar-refractivity contribution in [2.75, 3.05) is 58.0 Å². The van der Waals surface area contributed by atoms with Crippen LogP contribution in [0.5, 0.6) is 0 Å². The fourth-order valence-corrected chi connectivity index (χ4v) is 3.83. The Morgan fingerprint density at radius 3 is 3.00 bits per heavy atom. The van der Waals surface area contributed by atoms with Gasteiger partial charge in [0, 0.05) is 57.3 Å². The highest BCUT2D eigenvalue weighted by atomic mass is 32.1. The van der Waals surface area contributed by atoms with E-state index in [0.29, 0.717) is 12.6 Å². The molecule has 0 bridgehead atoms. The smallest absolute Gasteiger partial charge is 0.205 e. The SMILES string of the molecule is COCCc1nsc(N2CCCC2CN2CCOCC2)n1. The summed E-state index contributed by atoms with van der Waals surface area (Å²) in [5.41, 5.74) is 0. The van der Waals surface area contributed by atoms with Gasteiger partial charge in [-0.15, -0.1) is 0 Å². The van der Waals surface area contributed by atoms with Crippen LogP contribution >= 0.6 is 11.5 Å². The zero-order valence-electron chi connectivity index (χ0n) is 12.7. The van der Waals surface area contributed by atoms with Crippen LogP contribution in [-0.4, -0.2) is 73.4 Å². The van der Waals surface area contributed by atoms with Gasteiger partial charge in [0.2, 0.25) is 5.13 Å². The number of methoxy groups -OCH3 is 1. The van der Waals surface area contributed by atoms with E-state index in [1.807, 2.05) is 0 Å². The molecule has 2 saturated heterocycles. The zero-order valence-corrected chi connectivity index (χ0v) is 13.5. The number of anilines is 1. The maximum absolute atomic E-state index is 5.43. The number of morpholine rings is 1. The van der Waals surface area contributed by atoms with Crippen LogP contribution in [0.3, 0.4) is 0 Å². The van der Waals surface area contributed by atoms with Gasteiger partial charge in [-0.3, -0.25) is 4.90 Å². The normalized spacial score (nSPS) is 23.9. The summed E-state index contributed by atoms with van der Waals surface area (Å²) < 4.78 is 15.0. The Balaban J connectivity index is 1.58. The van der Waals surface area contributed by atoms with E-state index in [2.05, 4.69) is 19.2 Å². The lowest BCUT2D eigenvalue weighted by molar-refractivity contribution is 0.0355. The number of nitrogens with zero attached hydrogens (tertiary/aromatic N) is 4. The summed E-state index contributed by atoms with van der Waals surface area (Å²) in [6, 6.07) is 0.575. The molecule has 2 aliphatic heterocycles. The number of rotatable bonds is 6. The topological polar surface area (TPSA) is 50.7 Å². The van der Waals surface area contributed by atoms with Gasteiger partial charge < -0.3 is 14.4 Å². The Morgan fingerprint density at radius 1 is 1.33 bits per heavy atom. The lowest BCUT2D eigenvalue weighted by atomic mass is 10.2. The largest absolute Gasteiger partial charge is 0.384 e. The van der Waals surface area contributed by atoms with Crippen LogP contribution in [0.15, 0.2) is 0 Å². The second-order valence-corrected chi connectivity index (χ2v) is 6.37. The van der Waals surface area contributed by atoms with Gasteiger partial charge in [0.15, 0.2) is 0 Å². The standard InChI is InChI=1S/C14H24N4O2S/c1-19-8-4-13-15-14(21-16-13)18-5-2-3-12(18)11-17-6-9-20-10-7-17/h12H,2-11H2,1H3. The lowest BCUT2D eigenvalue weighted by Gasteiger charge is -2.32. The second kappa shape index (κ2) is 7.49. The zero-order chi connectivity index (χ0) is 14.5. The first-order chi connectivity index (χ1) is 10.4. The molecule has 0 saturated carbocycles. The van der Waals surface area contributed by atoms with E-state index in [1.54, 1.807) is 7.11 Å². The van der Waals surface area contributed by atoms with Crippen molar-refractivity contribution >= 4 is 16.7 Å². The Bertz CT molecular complexity index is 436. The number of hydrogen-bond acceptors (Lipinski definition) is 7. The van der Waals surface area contributed by atoms with Crippen molar-refractivity contribution in [1.82, 2.24) is 14.3 Å². The van der Waals surface area contributed by atoms with E-state index in [0.717, 1.165) is 56.8 Å². The lowest BCUT2D eigenvalue weighted by Crippen LogP contribution is -2.45. The fourth-order valence-electron chi connectivity index (χ4n) is 3.02. The molecule has 0 amide bonds. The van der Waals surface area contributed by atoms with Crippen molar-refractivity contribution < 1.29 is 9.47 Å². The monoisotopic (exact) mass is 312 g/mol. The van der Waals surface area contributed by atoms with Crippen LogP contribution in [-0.2, 0) is 15.9 Å². The summed E-state index contributed by atoms with van der Waals surface area (Å²) in [5.74, 6) is 0.911. The molecular weight excluding hydrogens is 288 g/mol. The van der Waals surface area contributed by atoms with Crippen molar-refractivity contribution in [3.63, 3.8) is 0 Å². The third kappa shape index (κ3) is 3.91. The molecule has 0 aromatic carbocycles. The molecule has 21 heavy (non-hydrogen) atoms. The number of hydrogen-bond donors (Lipinski definition) is 0. The molecule has 0 spiro atoms. The minimum atomic E-state index is 0.575. The summed E-state index contributed by atoms with van der Waals surface area (Å²) in [4.78, 5) is 9.64. The minimum Gasteiger partial charge on any atom is -0.384 e. The third-order valence-electron chi connectivity index (χ3n) is 4.18. The first-order valence-corrected chi connectivity index (χ1v) is 8.52. The average molecular weight is 312 g/mol. The van der Waals surface area contributed by atoms with Crippen molar-refractivity contribution in [3.8, 4) is 0 Å². The second-order valence-electron chi connectivity index (χ2n) is 5.64. The maximum atomic E-state index is 5.43. The Hall–Kier alpha value is -0.760. The first kappa shape index (κ1) is 15.1. The van der Waals surface area contributed by atoms with Gasteiger partial charge in [-0.05, 0) is 12.8 Å². The molecule has 1 unspecified atom stereocenters. The van der Waals surface area contributed by atoms with Gasteiger partial charge in [-0.25, -0.2) is 4.98 Å². The minimum absolute atomic E-state index is 0.575. The maximum Gasteiger partial charge on any atom is 0.205 e. The van der Waals surface area contributed by atoms with E-state index in [4.69, 9.17) is 9.47 Å². The molecule has 2 fully saturated rings. The van der Waals surface area contributed by atoms with Crippen LogP contribution < -0.4 is 4.90 Å². The first-order valence-electron chi connectivity index (χ1n) is 7.75. The predicted molar refractivity (Wildman–Crippen MR) is 83.1 cm³/mol. The molecule has 7 heteroatoms. The van der Waals surface area contributed by atoms with Gasteiger partial charge in [-0.2, -0.15) is 4.37 Å². The van der Waals surface area contributed by atoms with Crippen LogP contribution in [0, 0.1) is 0 Å². The van der Waals surface area contributed by atoms with Gasteiger partial charge in [-0.1, -0.05) is 0 Å². The molecule has 3 heterocycles. The molecular formula is C14H24N4O2S. The summed E-state index contributed by atoms with van der Waals surface area (Å²) >= 11 is 1.53. The van der Waals surface area contributed by atoms with Crippen molar-refractivity contribution in [2.45, 2.75) is 25.3 Å². The fraction of sp³-hybridized carbons (Fsp3) is 0.857. The Morgan fingerprint density at radius 2 is 2.19 bits per heavy atom. The van der Waals surface area contributed by atoms with E-state index in [9.17, 15) is 0 Å². The number of ether oxygens (including phenoxy) is 2. The van der Waals surface area contributed by atoms with E-state index >= 15 is 0 Å². The summed E-state index contributed by atoms with van der Waals surface area (Å²) in [6.45, 7) is 6.76. The van der Waals surface area contributed by atoms with Crippen molar-refractivity contribution in [3.05, 3.63) is 5.82 Å². The number of aromatic nitrogens is 2. The molecule has 1 aromatic heterocycles. The van der Waals surface area contributed by atoms with Gasteiger partial charge in [0.05, 0.1) is 19.8 Å². The summed E-state index contributed by atoms with van der Waals surface area (Å²) in [5, 5.41) is 1.08. The van der Waals surface area contributed by atoms with Crippen molar-refractivity contribution in [1.29, 1.82) is 0 Å². The molecule has 6 nitrogen and oxygen atoms in total. The highest BCUT2D eigenvalue weighted by molar-refractivity contribution is 7.09. The Labute approximate surface area is 130 Å². The quantitative estimate of drug-likeness (QED) is 0.782. The summed E-state index contributed by atoms with van der Waals surface area (Å²) in [7, 11) is 1.71. The average Bonchev–Trinajstić information content (AvgIpc) is 3.15. The van der Waals surface area contributed by atoms with Crippen molar-refractivity contribution in [2.24, 2.45) is 0 Å². The van der Waals surface area contributed by atoms with Crippen LogP contribution in [0.2, 0.25) is 0 Å². The summed E-state index contributed by atoms with van der Waals surface area (Å²) in [6.07, 6.45) is 3.31. The molecule has 1 atom stereocenters. The van der Waals surface area contributed by atoms with Gasteiger partial charge in [0.1, 0.15) is 5.82 Å². The Kier molecular flexibility index (Phi) is 5.40. The molecule has 0 radical (unpaired) electrons. The molecule has 3 rings (SSSR count).